The van der Waals surface area contributed by atoms with Crippen LogP contribution in [0.15, 0.2) is 60.7 Å². The third kappa shape index (κ3) is 8.84. The molecule has 1 fully saturated rings. The molecule has 11 heteroatoms. The average Bonchev–Trinajstić information content (AvgIpc) is 3.37. The SMILES string of the molecule is C[C@@H]1CCC[N+]1(C(=O)O)C(=O)C(CCC(O)CNC(=O)OCc1ccccc1)NC(CCc1ccccc1)C(=O)O. The number of nitrogens with zero attached hydrogens (tertiary/aromatic N) is 1. The van der Waals surface area contributed by atoms with E-state index in [-0.39, 0.29) is 39.0 Å². The van der Waals surface area contributed by atoms with Gasteiger partial charge in [-0.1, -0.05) is 60.7 Å². The molecule has 0 aromatic heterocycles. The van der Waals surface area contributed by atoms with Gasteiger partial charge >= 0.3 is 24.1 Å². The molecule has 0 spiro atoms. The van der Waals surface area contributed by atoms with Gasteiger partial charge in [-0.15, -0.1) is 0 Å². The van der Waals surface area contributed by atoms with Crippen molar-refractivity contribution in [1.82, 2.24) is 10.6 Å². The lowest BCUT2D eigenvalue weighted by atomic mass is 10.0. The predicted octanol–water partition coefficient (Wildman–Crippen LogP) is 3.30. The van der Waals surface area contributed by atoms with Gasteiger partial charge in [0.2, 0.25) is 0 Å². The zero-order valence-corrected chi connectivity index (χ0v) is 23.3. The molecule has 2 aromatic rings. The summed E-state index contributed by atoms with van der Waals surface area (Å²) in [5.74, 6) is -1.78. The van der Waals surface area contributed by atoms with Crippen molar-refractivity contribution in [3.8, 4) is 0 Å². The molecule has 11 nitrogen and oxygen atoms in total. The van der Waals surface area contributed by atoms with Gasteiger partial charge in [0, 0.05) is 19.4 Å². The number of aliphatic hydroxyl groups is 1. The summed E-state index contributed by atoms with van der Waals surface area (Å²) < 4.78 is 4.35. The number of carboxylic acid groups (broad SMARTS) is 2. The van der Waals surface area contributed by atoms with E-state index in [4.69, 9.17) is 4.74 Å². The van der Waals surface area contributed by atoms with Crippen LogP contribution < -0.4 is 10.6 Å². The highest BCUT2D eigenvalue weighted by molar-refractivity contribution is 5.85. The van der Waals surface area contributed by atoms with Crippen LogP contribution in [0, 0.1) is 0 Å². The van der Waals surface area contributed by atoms with Crippen molar-refractivity contribution in [2.75, 3.05) is 13.1 Å². The minimum Gasteiger partial charge on any atom is -0.480 e. The largest absolute Gasteiger partial charge is 0.521 e. The summed E-state index contributed by atoms with van der Waals surface area (Å²) in [7, 11) is 0. The molecule has 0 saturated carbocycles. The van der Waals surface area contributed by atoms with Gasteiger partial charge in [-0.25, -0.2) is 9.59 Å². The van der Waals surface area contributed by atoms with E-state index in [0.29, 0.717) is 19.3 Å². The number of carbonyl (C=O) groups excluding carboxylic acids is 2. The van der Waals surface area contributed by atoms with Crippen LogP contribution in [0.5, 0.6) is 0 Å². The summed E-state index contributed by atoms with van der Waals surface area (Å²) in [5.41, 5.74) is 1.74. The number of carboxylic acids is 1. The molecule has 1 saturated heterocycles. The topological polar surface area (TPSA) is 162 Å². The Kier molecular flexibility index (Phi) is 11.8. The van der Waals surface area contributed by atoms with Gasteiger partial charge in [0.25, 0.3) is 0 Å². The molecule has 3 amide bonds. The smallest absolute Gasteiger partial charge is 0.480 e. The number of rotatable bonds is 14. The second-order valence-electron chi connectivity index (χ2n) is 10.5. The van der Waals surface area contributed by atoms with Crippen LogP contribution in [0.2, 0.25) is 0 Å². The number of carbonyl (C=O) groups is 4. The van der Waals surface area contributed by atoms with Crippen molar-refractivity contribution in [2.45, 2.75) is 76.3 Å². The van der Waals surface area contributed by atoms with Gasteiger partial charge in [0.15, 0.2) is 0 Å². The Morgan fingerprint density at radius 2 is 1.56 bits per heavy atom. The van der Waals surface area contributed by atoms with Gasteiger partial charge in [-0.3, -0.25) is 10.1 Å². The first-order chi connectivity index (χ1) is 19.6. The van der Waals surface area contributed by atoms with E-state index < -0.39 is 52.8 Å². The third-order valence-electron chi connectivity index (χ3n) is 7.67. The maximum atomic E-state index is 13.8. The first-order valence-electron chi connectivity index (χ1n) is 13.9. The number of hydrogen-bond donors (Lipinski definition) is 5. The van der Waals surface area contributed by atoms with E-state index >= 15 is 0 Å². The van der Waals surface area contributed by atoms with Crippen molar-refractivity contribution in [2.24, 2.45) is 0 Å². The van der Waals surface area contributed by atoms with Crippen LogP contribution >= 0.6 is 0 Å². The highest BCUT2D eigenvalue weighted by atomic mass is 16.5. The number of quaternary nitrogens is 1. The lowest BCUT2D eigenvalue weighted by Gasteiger charge is -2.34. The van der Waals surface area contributed by atoms with E-state index in [1.807, 2.05) is 60.7 Å². The van der Waals surface area contributed by atoms with Crippen molar-refractivity contribution < 1.29 is 43.7 Å². The Bertz CT molecular complexity index is 1160. The molecule has 0 bridgehead atoms. The monoisotopic (exact) mass is 570 g/mol. The molecule has 1 heterocycles. The summed E-state index contributed by atoms with van der Waals surface area (Å²) in [6.07, 6.45) is -1.33. The lowest BCUT2D eigenvalue weighted by Crippen LogP contribution is -2.65. The highest BCUT2D eigenvalue weighted by Crippen LogP contribution is 2.30. The van der Waals surface area contributed by atoms with Crippen molar-refractivity contribution in [3.05, 3.63) is 71.8 Å². The van der Waals surface area contributed by atoms with Gasteiger partial charge in [-0.05, 0) is 43.7 Å². The molecule has 1 aliphatic rings. The number of nitrogens with one attached hydrogen (secondary N) is 2. The molecule has 5 atom stereocenters. The van der Waals surface area contributed by atoms with E-state index in [2.05, 4.69) is 10.6 Å². The van der Waals surface area contributed by atoms with E-state index in [1.165, 1.54) is 0 Å². The average molecular weight is 571 g/mol. The molecule has 1 aliphatic heterocycles. The third-order valence-corrected chi connectivity index (χ3v) is 7.67. The normalized spacial score (nSPS) is 20.5. The fourth-order valence-corrected chi connectivity index (χ4v) is 5.25. The number of amides is 3. The number of imide groups is 1. The molecule has 4 unspecified atom stereocenters. The Morgan fingerprint density at radius 1 is 0.927 bits per heavy atom. The zero-order chi connectivity index (χ0) is 29.8. The number of likely N-dealkylation sites (tertiary alicyclic amines) is 1. The molecular formula is C30H40N3O8+. The molecular weight excluding hydrogens is 530 g/mol. The second-order valence-corrected chi connectivity index (χ2v) is 10.5. The van der Waals surface area contributed by atoms with Crippen LogP contribution in [0.1, 0.15) is 50.2 Å². The molecule has 222 valence electrons. The number of aryl methyl sites for hydroxylation is 1. The summed E-state index contributed by atoms with van der Waals surface area (Å²) >= 11 is 0. The number of hydrogen-bond acceptors (Lipinski definition) is 7. The standard InChI is InChI=1S/C30H39N3O8/c1-21-9-8-18-33(21,30(39)40)27(35)25(32-26(28(36)37)16-14-22-10-4-2-5-11-22)17-15-24(34)19-31-29(38)41-20-23-12-6-3-7-13-23/h2-7,10-13,21,24-26,32,34H,8-9,14-20H2,1H3,(H2-,31,36,37,38,39,40)/p+1/t21-,24?,25?,26?,33?/m1/s1. The van der Waals surface area contributed by atoms with Crippen molar-refractivity contribution in [1.29, 1.82) is 0 Å². The number of aliphatic hydroxyl groups excluding tert-OH is 1. The lowest BCUT2D eigenvalue weighted by molar-refractivity contribution is -0.793. The van der Waals surface area contributed by atoms with Crippen molar-refractivity contribution in [3.63, 3.8) is 0 Å². The van der Waals surface area contributed by atoms with E-state index in [9.17, 15) is 34.5 Å². The maximum absolute atomic E-state index is 13.8. The Hall–Kier alpha value is -3.80. The van der Waals surface area contributed by atoms with Gasteiger partial charge < -0.3 is 25.4 Å². The fourth-order valence-electron chi connectivity index (χ4n) is 5.25. The first kappa shape index (κ1) is 31.7. The number of ether oxygens (including phenoxy) is 1. The Labute approximate surface area is 239 Å². The number of alkyl carbamates (subject to hydrolysis) is 1. The summed E-state index contributed by atoms with van der Waals surface area (Å²) in [5, 5.41) is 36.0. The second kappa shape index (κ2) is 15.3. The highest BCUT2D eigenvalue weighted by Gasteiger charge is 2.55. The van der Waals surface area contributed by atoms with Crippen LogP contribution in [0.3, 0.4) is 0 Å². The molecule has 5 N–H and O–H groups in total. The zero-order valence-electron chi connectivity index (χ0n) is 23.3. The number of benzene rings is 2. The van der Waals surface area contributed by atoms with Crippen LogP contribution in [0.25, 0.3) is 0 Å². The molecule has 41 heavy (non-hydrogen) atoms. The first-order valence-corrected chi connectivity index (χ1v) is 13.9. The Morgan fingerprint density at radius 3 is 2.12 bits per heavy atom. The van der Waals surface area contributed by atoms with Gasteiger partial charge in [0.05, 0.1) is 12.6 Å². The molecule has 2 aromatic carbocycles. The van der Waals surface area contributed by atoms with Gasteiger partial charge in [0.1, 0.15) is 24.7 Å². The summed E-state index contributed by atoms with van der Waals surface area (Å²) in [6, 6.07) is 15.7. The van der Waals surface area contributed by atoms with Crippen molar-refractivity contribution >= 4 is 24.1 Å². The fraction of sp³-hybridized carbons (Fsp3) is 0.467. The number of aliphatic carboxylic acids is 1. The van der Waals surface area contributed by atoms with Gasteiger partial charge in [-0.2, -0.15) is 9.28 Å². The molecule has 0 aliphatic carbocycles. The Balaban J connectivity index is 1.65. The van der Waals surface area contributed by atoms with Crippen LogP contribution in [-0.4, -0.2) is 81.2 Å². The van der Waals surface area contributed by atoms with E-state index in [1.54, 1.807) is 6.92 Å². The quantitative estimate of drug-likeness (QED) is 0.215. The van der Waals surface area contributed by atoms with Crippen LogP contribution in [0.4, 0.5) is 9.59 Å². The van der Waals surface area contributed by atoms with Crippen LogP contribution in [-0.2, 0) is 27.4 Å². The summed E-state index contributed by atoms with van der Waals surface area (Å²) in [4.78, 5) is 50.4. The summed E-state index contributed by atoms with van der Waals surface area (Å²) in [6.45, 7) is 1.74. The predicted molar refractivity (Wildman–Crippen MR) is 150 cm³/mol. The molecule has 0 radical (unpaired) electrons. The minimum absolute atomic E-state index is 0.0153. The van der Waals surface area contributed by atoms with E-state index in [0.717, 1.165) is 11.1 Å². The maximum Gasteiger partial charge on any atom is 0.521 e. The minimum atomic E-state index is -1.27. The molecule has 3 rings (SSSR count).